The Morgan fingerprint density at radius 3 is 3.04 bits per heavy atom. The normalized spacial score (nSPS) is 15.3. The Hall–Kier alpha value is -3.68. The summed E-state index contributed by atoms with van der Waals surface area (Å²) in [4.78, 5) is 17.4. The molecule has 1 aliphatic carbocycles. The van der Waals surface area contributed by atoms with E-state index in [1.165, 1.54) is 6.08 Å². The molecular weight excluding hydrogens is 333 g/mol. The van der Waals surface area contributed by atoms with Gasteiger partial charge >= 0.3 is 0 Å². The van der Waals surface area contributed by atoms with Crippen LogP contribution in [0.3, 0.4) is 0 Å². The highest BCUT2D eigenvalue weighted by molar-refractivity contribution is 5.74. The second kappa shape index (κ2) is 5.69. The van der Waals surface area contributed by atoms with Gasteiger partial charge in [-0.3, -0.25) is 14.6 Å². The van der Waals surface area contributed by atoms with E-state index in [4.69, 9.17) is 0 Å². The number of allylic oxidation sites excluding steroid dienone is 2. The molecule has 0 radical (unpaired) electrons. The van der Waals surface area contributed by atoms with Crippen LogP contribution in [0.15, 0.2) is 54.6 Å². The van der Waals surface area contributed by atoms with Crippen LogP contribution in [0.5, 0.6) is 0 Å². The molecule has 7 nitrogen and oxygen atoms in total. The average Bonchev–Trinajstić information content (AvgIpc) is 3.32. The smallest absolute Gasteiger partial charge is 0.197 e. The molecule has 0 aromatic carbocycles. The lowest BCUT2D eigenvalue weighted by Crippen LogP contribution is -2.04. The molecule has 4 aromatic rings. The minimum absolute atomic E-state index is 0.308. The zero-order chi connectivity index (χ0) is 17.5. The third-order valence-corrected chi connectivity index (χ3v) is 4.25. The van der Waals surface area contributed by atoms with Crippen molar-refractivity contribution < 1.29 is 4.39 Å². The molecule has 1 aliphatic rings. The molecular formula is C18H12FN7. The van der Waals surface area contributed by atoms with E-state index in [0.717, 1.165) is 11.1 Å². The van der Waals surface area contributed by atoms with Crippen molar-refractivity contribution in [1.82, 2.24) is 34.7 Å². The van der Waals surface area contributed by atoms with Gasteiger partial charge in [-0.25, -0.2) is 19.3 Å². The fourth-order valence-electron chi connectivity index (χ4n) is 2.94. The van der Waals surface area contributed by atoms with Gasteiger partial charge in [0.2, 0.25) is 0 Å². The number of imidazole rings is 1. The number of fused-ring (bicyclic) bond motifs is 2. The topological polar surface area (TPSA) is 85.2 Å². The summed E-state index contributed by atoms with van der Waals surface area (Å²) in [7, 11) is 0. The maximum Gasteiger partial charge on any atom is 0.197 e. The Morgan fingerprint density at radius 1 is 1.19 bits per heavy atom. The number of nitrogens with one attached hydrogen (secondary N) is 1. The van der Waals surface area contributed by atoms with Crippen LogP contribution in [0, 0.1) is 0 Å². The van der Waals surface area contributed by atoms with Crippen LogP contribution in [0.25, 0.3) is 34.8 Å². The molecule has 0 amide bonds. The molecule has 0 atom stereocenters. The first-order chi connectivity index (χ1) is 12.8. The molecule has 4 heterocycles. The van der Waals surface area contributed by atoms with Gasteiger partial charge in [-0.05, 0) is 11.6 Å². The van der Waals surface area contributed by atoms with E-state index in [1.54, 1.807) is 41.9 Å². The van der Waals surface area contributed by atoms with Crippen molar-refractivity contribution >= 4 is 23.6 Å². The summed E-state index contributed by atoms with van der Waals surface area (Å²) in [5.41, 5.74) is 4.73. The lowest BCUT2D eigenvalue weighted by atomic mass is 9.97. The minimum Gasteiger partial charge on any atom is -0.288 e. The average molecular weight is 345 g/mol. The quantitative estimate of drug-likeness (QED) is 0.604. The molecule has 26 heavy (non-hydrogen) atoms. The van der Waals surface area contributed by atoms with Crippen LogP contribution in [-0.2, 0) is 6.42 Å². The molecule has 0 unspecified atom stereocenters. The van der Waals surface area contributed by atoms with Gasteiger partial charge in [0.1, 0.15) is 12.2 Å². The fourth-order valence-corrected chi connectivity index (χ4v) is 2.94. The van der Waals surface area contributed by atoms with Gasteiger partial charge in [0, 0.05) is 42.2 Å². The number of halogens is 1. The predicted molar refractivity (Wildman–Crippen MR) is 94.2 cm³/mol. The molecule has 8 heteroatoms. The third-order valence-electron chi connectivity index (χ3n) is 4.25. The highest BCUT2D eigenvalue weighted by atomic mass is 19.1. The summed E-state index contributed by atoms with van der Waals surface area (Å²) in [6.45, 7) is 0. The molecule has 1 N–H and O–H groups in total. The number of rotatable bonds is 2. The largest absolute Gasteiger partial charge is 0.288 e. The second-order valence-electron chi connectivity index (χ2n) is 5.91. The van der Waals surface area contributed by atoms with E-state index >= 15 is 0 Å². The summed E-state index contributed by atoms with van der Waals surface area (Å²) in [6.07, 6.45) is 11.9. The van der Waals surface area contributed by atoms with Gasteiger partial charge in [0.05, 0.1) is 23.8 Å². The summed E-state index contributed by atoms with van der Waals surface area (Å²) in [5, 5.41) is 6.67. The minimum atomic E-state index is -0.308. The van der Waals surface area contributed by atoms with E-state index < -0.39 is 0 Å². The molecule has 0 aliphatic heterocycles. The van der Waals surface area contributed by atoms with Gasteiger partial charge in [-0.1, -0.05) is 6.07 Å². The van der Waals surface area contributed by atoms with Gasteiger partial charge in [-0.15, -0.1) is 0 Å². The Kier molecular flexibility index (Phi) is 3.21. The van der Waals surface area contributed by atoms with Crippen molar-refractivity contribution in [2.24, 2.45) is 0 Å². The first-order valence-corrected chi connectivity index (χ1v) is 7.99. The first-order valence-electron chi connectivity index (χ1n) is 7.99. The lowest BCUT2D eigenvalue weighted by molar-refractivity contribution is 0.648. The number of nitrogens with zero attached hydrogens (tertiary/aromatic N) is 6. The van der Waals surface area contributed by atoms with Crippen molar-refractivity contribution in [2.75, 3.05) is 0 Å². The number of hydrogen-bond donors (Lipinski definition) is 1. The van der Waals surface area contributed by atoms with Crippen molar-refractivity contribution in [1.29, 1.82) is 0 Å². The highest BCUT2D eigenvalue weighted by Gasteiger charge is 2.17. The lowest BCUT2D eigenvalue weighted by Gasteiger charge is -2.14. The van der Waals surface area contributed by atoms with E-state index in [-0.39, 0.29) is 5.83 Å². The zero-order valence-corrected chi connectivity index (χ0v) is 13.5. The molecule has 0 fully saturated rings. The van der Waals surface area contributed by atoms with Gasteiger partial charge in [0.15, 0.2) is 11.3 Å². The predicted octanol–water partition coefficient (Wildman–Crippen LogP) is 3.02. The van der Waals surface area contributed by atoms with Crippen LogP contribution in [-0.4, -0.2) is 34.7 Å². The van der Waals surface area contributed by atoms with Crippen molar-refractivity contribution in [2.45, 2.75) is 6.42 Å². The summed E-state index contributed by atoms with van der Waals surface area (Å²) >= 11 is 0. The second-order valence-corrected chi connectivity index (χ2v) is 5.91. The molecule has 126 valence electrons. The fraction of sp³-hybridized carbons (Fsp3) is 0.0556. The van der Waals surface area contributed by atoms with Gasteiger partial charge in [-0.2, -0.15) is 5.10 Å². The molecule has 0 spiro atoms. The molecule has 5 rings (SSSR count). The zero-order valence-electron chi connectivity index (χ0n) is 13.5. The van der Waals surface area contributed by atoms with E-state index in [0.29, 0.717) is 34.7 Å². The van der Waals surface area contributed by atoms with Crippen molar-refractivity contribution in [3.05, 3.63) is 65.9 Å². The van der Waals surface area contributed by atoms with Crippen LogP contribution in [0.2, 0.25) is 0 Å². The Balaban J connectivity index is 1.60. The molecule has 0 saturated carbocycles. The van der Waals surface area contributed by atoms with Crippen LogP contribution in [0.1, 0.15) is 11.3 Å². The van der Waals surface area contributed by atoms with Crippen molar-refractivity contribution in [3.63, 3.8) is 0 Å². The molecule has 0 bridgehead atoms. The number of aromatic amines is 1. The van der Waals surface area contributed by atoms with E-state index in [2.05, 4.69) is 30.1 Å². The SMILES string of the molecule is FC1=Cc2ncccc2CC1=Cn1cnc2ncc(-c3cn[nH]c3)nc21. The Labute approximate surface area is 147 Å². The van der Waals surface area contributed by atoms with Crippen LogP contribution >= 0.6 is 0 Å². The van der Waals surface area contributed by atoms with Crippen LogP contribution in [0.4, 0.5) is 4.39 Å². The standard InChI is InChI=1S/C18H12FN7/c19-14-5-15-11(2-1-3-20-15)4-12(14)9-26-10-22-17-18(26)25-16(8-21-17)13-6-23-24-7-13/h1-3,5-10H,4H2,(H,23,24). The van der Waals surface area contributed by atoms with Gasteiger partial charge in [0.25, 0.3) is 0 Å². The first kappa shape index (κ1) is 14.6. The maximum atomic E-state index is 14.5. The highest BCUT2D eigenvalue weighted by Crippen LogP contribution is 2.28. The van der Waals surface area contributed by atoms with Crippen LogP contribution < -0.4 is 0 Å². The number of hydrogen-bond acceptors (Lipinski definition) is 5. The summed E-state index contributed by atoms with van der Waals surface area (Å²) < 4.78 is 16.2. The Bertz CT molecular complexity index is 1170. The monoisotopic (exact) mass is 345 g/mol. The maximum absolute atomic E-state index is 14.5. The number of pyridine rings is 1. The number of aromatic nitrogens is 7. The number of H-pyrrole nitrogens is 1. The van der Waals surface area contributed by atoms with E-state index in [9.17, 15) is 4.39 Å². The summed E-state index contributed by atoms with van der Waals surface area (Å²) in [5.74, 6) is -0.308. The Morgan fingerprint density at radius 2 is 2.15 bits per heavy atom. The van der Waals surface area contributed by atoms with E-state index in [1.807, 2.05) is 12.1 Å². The van der Waals surface area contributed by atoms with Crippen molar-refractivity contribution in [3.8, 4) is 11.3 Å². The molecule has 0 saturated heterocycles. The van der Waals surface area contributed by atoms with Gasteiger partial charge < -0.3 is 0 Å². The molecule has 4 aromatic heterocycles. The third kappa shape index (κ3) is 2.39. The summed E-state index contributed by atoms with van der Waals surface area (Å²) in [6, 6.07) is 3.80.